The van der Waals surface area contributed by atoms with E-state index in [2.05, 4.69) is 17.1 Å². The van der Waals surface area contributed by atoms with Crippen LogP contribution in [0.5, 0.6) is 0 Å². The molecule has 2 fully saturated rings. The van der Waals surface area contributed by atoms with Crippen molar-refractivity contribution in [3.63, 3.8) is 0 Å². The van der Waals surface area contributed by atoms with E-state index >= 15 is 0 Å². The normalized spacial score (nSPS) is 25.6. The molecule has 1 heterocycles. The molecule has 2 unspecified atom stereocenters. The third kappa shape index (κ3) is 3.95. The second kappa shape index (κ2) is 7.41. The fourth-order valence-corrected chi connectivity index (χ4v) is 3.49. The van der Waals surface area contributed by atoms with E-state index in [4.69, 9.17) is 5.73 Å². The fraction of sp³-hybridized carbons (Fsp3) is 0.938. The van der Waals surface area contributed by atoms with Crippen LogP contribution in [0.3, 0.4) is 0 Å². The molecule has 3 N–H and O–H groups in total. The van der Waals surface area contributed by atoms with Crippen LogP contribution in [0.25, 0.3) is 0 Å². The lowest BCUT2D eigenvalue weighted by Crippen LogP contribution is -2.52. The van der Waals surface area contributed by atoms with E-state index in [0.29, 0.717) is 6.04 Å². The largest absolute Gasteiger partial charge is 0.352 e. The van der Waals surface area contributed by atoms with Gasteiger partial charge in [0, 0.05) is 25.2 Å². The summed E-state index contributed by atoms with van der Waals surface area (Å²) in [5, 5.41) is 3.15. The van der Waals surface area contributed by atoms with Gasteiger partial charge in [0.25, 0.3) is 0 Å². The molecular weight excluding hydrogens is 250 g/mol. The number of hydrogen-bond acceptors (Lipinski definition) is 3. The molecule has 0 aromatic carbocycles. The number of nitrogens with two attached hydrogens (primary N) is 1. The molecule has 116 valence electrons. The van der Waals surface area contributed by atoms with Crippen molar-refractivity contribution in [3.8, 4) is 0 Å². The summed E-state index contributed by atoms with van der Waals surface area (Å²) in [5.41, 5.74) is 5.99. The van der Waals surface area contributed by atoms with Crippen molar-refractivity contribution < 1.29 is 4.79 Å². The van der Waals surface area contributed by atoms with Crippen LogP contribution in [0, 0.1) is 5.92 Å². The summed E-state index contributed by atoms with van der Waals surface area (Å²) in [6.07, 6.45) is 8.64. The molecule has 2 atom stereocenters. The van der Waals surface area contributed by atoms with Crippen molar-refractivity contribution in [2.75, 3.05) is 13.1 Å². The number of rotatable bonds is 5. The van der Waals surface area contributed by atoms with Crippen molar-refractivity contribution >= 4 is 5.91 Å². The Kier molecular flexibility index (Phi) is 5.85. The van der Waals surface area contributed by atoms with Gasteiger partial charge in [-0.3, -0.25) is 4.79 Å². The molecule has 0 aromatic rings. The predicted octanol–water partition coefficient (Wildman–Crippen LogP) is 1.88. The third-order valence-electron chi connectivity index (χ3n) is 5.28. The highest BCUT2D eigenvalue weighted by molar-refractivity contribution is 5.82. The predicted molar refractivity (Wildman–Crippen MR) is 82.4 cm³/mol. The summed E-state index contributed by atoms with van der Waals surface area (Å²) in [7, 11) is 0. The van der Waals surface area contributed by atoms with Gasteiger partial charge in [0.15, 0.2) is 0 Å². The highest BCUT2D eigenvalue weighted by Crippen LogP contribution is 2.26. The Morgan fingerprint density at radius 3 is 2.40 bits per heavy atom. The molecule has 0 aromatic heterocycles. The van der Waals surface area contributed by atoms with E-state index in [1.54, 1.807) is 0 Å². The maximum absolute atomic E-state index is 12.1. The topological polar surface area (TPSA) is 58.4 Å². The Morgan fingerprint density at radius 2 is 1.85 bits per heavy atom. The zero-order valence-corrected chi connectivity index (χ0v) is 13.1. The van der Waals surface area contributed by atoms with Crippen LogP contribution in [0.1, 0.15) is 58.8 Å². The molecule has 1 saturated carbocycles. The van der Waals surface area contributed by atoms with E-state index < -0.39 is 0 Å². The molecule has 1 aliphatic carbocycles. The molecule has 4 heteroatoms. The molecule has 1 saturated heterocycles. The minimum absolute atomic E-state index is 0.0404. The summed E-state index contributed by atoms with van der Waals surface area (Å²) in [6.45, 7) is 6.40. The van der Waals surface area contributed by atoms with Crippen molar-refractivity contribution in [3.05, 3.63) is 0 Å². The first-order chi connectivity index (χ1) is 9.61. The van der Waals surface area contributed by atoms with E-state index in [9.17, 15) is 4.79 Å². The zero-order valence-electron chi connectivity index (χ0n) is 13.1. The number of nitrogens with one attached hydrogen (secondary N) is 1. The minimum Gasteiger partial charge on any atom is -0.352 e. The fourth-order valence-electron chi connectivity index (χ4n) is 3.49. The van der Waals surface area contributed by atoms with Crippen molar-refractivity contribution in [2.24, 2.45) is 11.7 Å². The highest BCUT2D eigenvalue weighted by atomic mass is 16.2. The standard InChI is InChI=1S/C16H31N3O/c1-3-12(2)15(17)16(20)18-13-8-10-19(11-9-13)14-6-4-5-7-14/h12-15H,3-11,17H2,1-2H3,(H,18,20). The number of carbonyl (C=O) groups excluding carboxylic acids is 1. The molecule has 1 amide bonds. The first kappa shape index (κ1) is 15.8. The second-order valence-electron chi connectivity index (χ2n) is 6.67. The SMILES string of the molecule is CCC(C)C(N)C(=O)NC1CCN(C2CCCC2)CC1. The summed E-state index contributed by atoms with van der Waals surface area (Å²) in [4.78, 5) is 14.7. The Bertz CT molecular complexity index is 307. The Labute approximate surface area is 123 Å². The number of hydrogen-bond donors (Lipinski definition) is 2. The maximum Gasteiger partial charge on any atom is 0.237 e. The van der Waals surface area contributed by atoms with E-state index in [1.807, 2.05) is 6.92 Å². The molecule has 0 radical (unpaired) electrons. The maximum atomic E-state index is 12.1. The minimum atomic E-state index is -0.354. The van der Waals surface area contributed by atoms with Gasteiger partial charge in [-0.05, 0) is 31.6 Å². The monoisotopic (exact) mass is 281 g/mol. The number of piperidine rings is 1. The van der Waals surface area contributed by atoms with Crippen molar-refractivity contribution in [1.82, 2.24) is 10.2 Å². The highest BCUT2D eigenvalue weighted by Gasteiger charge is 2.29. The molecule has 20 heavy (non-hydrogen) atoms. The van der Waals surface area contributed by atoms with Crippen LogP contribution in [-0.4, -0.2) is 42.0 Å². The number of nitrogens with zero attached hydrogens (tertiary/aromatic N) is 1. The summed E-state index contributed by atoms with van der Waals surface area (Å²) >= 11 is 0. The molecule has 2 rings (SSSR count). The van der Waals surface area contributed by atoms with Gasteiger partial charge in [-0.1, -0.05) is 33.1 Å². The van der Waals surface area contributed by atoms with E-state index in [0.717, 1.165) is 38.4 Å². The Balaban J connectivity index is 1.72. The quantitative estimate of drug-likeness (QED) is 0.809. The van der Waals surface area contributed by atoms with Crippen LogP contribution >= 0.6 is 0 Å². The van der Waals surface area contributed by atoms with Crippen LogP contribution < -0.4 is 11.1 Å². The molecule has 0 spiro atoms. The van der Waals surface area contributed by atoms with Gasteiger partial charge in [-0.25, -0.2) is 0 Å². The molecule has 2 aliphatic rings. The lowest BCUT2D eigenvalue weighted by molar-refractivity contribution is -0.124. The number of likely N-dealkylation sites (tertiary alicyclic amines) is 1. The van der Waals surface area contributed by atoms with Gasteiger partial charge in [-0.15, -0.1) is 0 Å². The molecular formula is C16H31N3O. The Morgan fingerprint density at radius 1 is 1.25 bits per heavy atom. The van der Waals surface area contributed by atoms with Gasteiger partial charge in [0.05, 0.1) is 6.04 Å². The first-order valence-corrected chi connectivity index (χ1v) is 8.41. The summed E-state index contributed by atoms with van der Waals surface area (Å²) in [6, 6.07) is 0.789. The lowest BCUT2D eigenvalue weighted by Gasteiger charge is -2.36. The number of amides is 1. The summed E-state index contributed by atoms with van der Waals surface area (Å²) in [5.74, 6) is 0.298. The van der Waals surface area contributed by atoms with Gasteiger partial charge >= 0.3 is 0 Å². The molecule has 4 nitrogen and oxygen atoms in total. The van der Waals surface area contributed by atoms with E-state index in [1.165, 1.54) is 25.7 Å². The van der Waals surface area contributed by atoms with Crippen LogP contribution in [0.2, 0.25) is 0 Å². The van der Waals surface area contributed by atoms with Gasteiger partial charge in [-0.2, -0.15) is 0 Å². The lowest BCUT2D eigenvalue weighted by atomic mass is 9.97. The van der Waals surface area contributed by atoms with Crippen LogP contribution in [0.4, 0.5) is 0 Å². The van der Waals surface area contributed by atoms with Crippen LogP contribution in [-0.2, 0) is 4.79 Å². The number of carbonyl (C=O) groups is 1. The average Bonchev–Trinajstić information content (AvgIpc) is 3.00. The van der Waals surface area contributed by atoms with Crippen molar-refractivity contribution in [1.29, 1.82) is 0 Å². The second-order valence-corrected chi connectivity index (χ2v) is 6.67. The summed E-state index contributed by atoms with van der Waals surface area (Å²) < 4.78 is 0. The molecule has 1 aliphatic heterocycles. The molecule has 0 bridgehead atoms. The van der Waals surface area contributed by atoms with Gasteiger partial charge in [0.1, 0.15) is 0 Å². The first-order valence-electron chi connectivity index (χ1n) is 8.41. The smallest absolute Gasteiger partial charge is 0.237 e. The van der Waals surface area contributed by atoms with E-state index in [-0.39, 0.29) is 17.9 Å². The average molecular weight is 281 g/mol. The van der Waals surface area contributed by atoms with Gasteiger partial charge < -0.3 is 16.0 Å². The van der Waals surface area contributed by atoms with Gasteiger partial charge in [0.2, 0.25) is 5.91 Å². The third-order valence-corrected chi connectivity index (χ3v) is 5.28. The zero-order chi connectivity index (χ0) is 14.5. The van der Waals surface area contributed by atoms with Crippen LogP contribution in [0.15, 0.2) is 0 Å². The van der Waals surface area contributed by atoms with Crippen molar-refractivity contribution in [2.45, 2.75) is 76.9 Å². The Hall–Kier alpha value is -0.610.